The van der Waals surface area contributed by atoms with Crippen molar-refractivity contribution in [1.82, 2.24) is 15.1 Å². The Kier molecular flexibility index (Phi) is 5.22. The zero-order chi connectivity index (χ0) is 13.7. The second kappa shape index (κ2) is 6.91. The SMILES string of the molecule is CCc1nn(CC)c(CNCCc2ccco2)c1Br. The molecular formula is C14H20BrN3O. The van der Waals surface area contributed by atoms with Gasteiger partial charge < -0.3 is 9.73 Å². The average molecular weight is 326 g/mol. The van der Waals surface area contributed by atoms with Crippen molar-refractivity contribution < 1.29 is 4.42 Å². The summed E-state index contributed by atoms with van der Waals surface area (Å²) in [5.41, 5.74) is 2.35. The molecule has 5 heteroatoms. The molecule has 0 aliphatic heterocycles. The number of hydrogen-bond acceptors (Lipinski definition) is 3. The Hall–Kier alpha value is -1.07. The fourth-order valence-electron chi connectivity index (χ4n) is 2.06. The monoisotopic (exact) mass is 325 g/mol. The molecule has 0 aliphatic carbocycles. The molecule has 0 aliphatic rings. The Morgan fingerprint density at radius 2 is 2.26 bits per heavy atom. The maximum absolute atomic E-state index is 5.31. The lowest BCUT2D eigenvalue weighted by molar-refractivity contribution is 0.495. The number of halogens is 1. The van der Waals surface area contributed by atoms with Gasteiger partial charge >= 0.3 is 0 Å². The first-order valence-corrected chi connectivity index (χ1v) is 7.52. The number of aryl methyl sites for hydroxylation is 2. The molecule has 0 radical (unpaired) electrons. The van der Waals surface area contributed by atoms with Crippen molar-refractivity contribution >= 4 is 15.9 Å². The van der Waals surface area contributed by atoms with Gasteiger partial charge in [-0.1, -0.05) is 6.92 Å². The molecular weight excluding hydrogens is 306 g/mol. The van der Waals surface area contributed by atoms with Crippen LogP contribution in [0.25, 0.3) is 0 Å². The predicted molar refractivity (Wildman–Crippen MR) is 79.1 cm³/mol. The number of furan rings is 1. The van der Waals surface area contributed by atoms with Crippen LogP contribution < -0.4 is 5.32 Å². The lowest BCUT2D eigenvalue weighted by Crippen LogP contribution is -2.19. The molecule has 0 unspecified atom stereocenters. The molecule has 0 saturated heterocycles. The first-order valence-electron chi connectivity index (χ1n) is 6.73. The molecule has 0 saturated carbocycles. The van der Waals surface area contributed by atoms with Crippen LogP contribution in [0.5, 0.6) is 0 Å². The summed E-state index contributed by atoms with van der Waals surface area (Å²) < 4.78 is 8.51. The fourth-order valence-corrected chi connectivity index (χ4v) is 2.76. The minimum Gasteiger partial charge on any atom is -0.469 e. The van der Waals surface area contributed by atoms with Crippen LogP contribution >= 0.6 is 15.9 Å². The van der Waals surface area contributed by atoms with Crippen molar-refractivity contribution in [3.63, 3.8) is 0 Å². The summed E-state index contributed by atoms with van der Waals surface area (Å²) in [6.45, 7) is 6.86. The standard InChI is InChI=1S/C14H20BrN3O/c1-3-12-14(15)13(18(4-2)17-12)10-16-8-7-11-6-5-9-19-11/h5-6,9,16H,3-4,7-8,10H2,1-2H3. The summed E-state index contributed by atoms with van der Waals surface area (Å²) in [7, 11) is 0. The van der Waals surface area contributed by atoms with E-state index < -0.39 is 0 Å². The number of nitrogens with one attached hydrogen (secondary N) is 1. The van der Waals surface area contributed by atoms with Crippen LogP contribution in [0, 0.1) is 0 Å². The molecule has 0 amide bonds. The highest BCUT2D eigenvalue weighted by molar-refractivity contribution is 9.10. The molecule has 2 rings (SSSR count). The molecule has 0 aromatic carbocycles. The minimum atomic E-state index is 0.822. The minimum absolute atomic E-state index is 0.822. The van der Waals surface area contributed by atoms with E-state index in [9.17, 15) is 0 Å². The fraction of sp³-hybridized carbons (Fsp3) is 0.500. The maximum atomic E-state index is 5.31. The third-order valence-electron chi connectivity index (χ3n) is 3.11. The first-order chi connectivity index (χ1) is 9.26. The van der Waals surface area contributed by atoms with Crippen molar-refractivity contribution in [3.05, 3.63) is 40.0 Å². The molecule has 19 heavy (non-hydrogen) atoms. The van der Waals surface area contributed by atoms with E-state index in [0.29, 0.717) is 0 Å². The molecule has 0 atom stereocenters. The number of nitrogens with zero attached hydrogens (tertiary/aromatic N) is 2. The summed E-state index contributed by atoms with van der Waals surface area (Å²) in [5.74, 6) is 1.02. The summed E-state index contributed by atoms with van der Waals surface area (Å²) in [6, 6.07) is 3.93. The molecule has 1 N–H and O–H groups in total. The number of hydrogen-bond donors (Lipinski definition) is 1. The van der Waals surface area contributed by atoms with Crippen molar-refractivity contribution in [3.8, 4) is 0 Å². The quantitative estimate of drug-likeness (QED) is 0.795. The second-order valence-corrected chi connectivity index (χ2v) is 5.18. The van der Waals surface area contributed by atoms with E-state index in [1.54, 1.807) is 6.26 Å². The zero-order valence-electron chi connectivity index (χ0n) is 11.4. The van der Waals surface area contributed by atoms with Crippen LogP contribution in [0.3, 0.4) is 0 Å². The maximum Gasteiger partial charge on any atom is 0.105 e. The van der Waals surface area contributed by atoms with E-state index in [-0.39, 0.29) is 0 Å². The topological polar surface area (TPSA) is 43.0 Å². The lowest BCUT2D eigenvalue weighted by atomic mass is 10.3. The van der Waals surface area contributed by atoms with Crippen LogP contribution in [0.1, 0.15) is 31.0 Å². The summed E-state index contributed by atoms with van der Waals surface area (Å²) in [5, 5.41) is 8.03. The van der Waals surface area contributed by atoms with Crippen molar-refractivity contribution in [2.75, 3.05) is 6.54 Å². The average Bonchev–Trinajstić information content (AvgIpc) is 3.03. The Morgan fingerprint density at radius 3 is 2.89 bits per heavy atom. The Labute approximate surface area is 122 Å². The van der Waals surface area contributed by atoms with Gasteiger partial charge in [-0.25, -0.2) is 0 Å². The first kappa shape index (κ1) is 14.3. The van der Waals surface area contributed by atoms with E-state index in [4.69, 9.17) is 4.42 Å². The number of rotatable bonds is 7. The van der Waals surface area contributed by atoms with Crippen LogP contribution in [-0.4, -0.2) is 16.3 Å². The van der Waals surface area contributed by atoms with Gasteiger partial charge in [0.05, 0.1) is 22.1 Å². The smallest absolute Gasteiger partial charge is 0.105 e. The van der Waals surface area contributed by atoms with Gasteiger partial charge in [-0.05, 0) is 41.4 Å². The lowest BCUT2D eigenvalue weighted by Gasteiger charge is -2.06. The van der Waals surface area contributed by atoms with Crippen molar-refractivity contribution in [1.29, 1.82) is 0 Å². The molecule has 104 valence electrons. The van der Waals surface area contributed by atoms with Gasteiger partial charge in [0.2, 0.25) is 0 Å². The summed E-state index contributed by atoms with van der Waals surface area (Å²) >= 11 is 3.65. The summed E-state index contributed by atoms with van der Waals surface area (Å²) in [4.78, 5) is 0. The highest BCUT2D eigenvalue weighted by atomic mass is 79.9. The van der Waals surface area contributed by atoms with Gasteiger partial charge in [-0.3, -0.25) is 4.68 Å². The van der Waals surface area contributed by atoms with Gasteiger partial charge in [-0.15, -0.1) is 0 Å². The molecule has 0 spiro atoms. The van der Waals surface area contributed by atoms with Crippen LogP contribution in [0.15, 0.2) is 27.3 Å². The van der Waals surface area contributed by atoms with E-state index in [1.807, 2.05) is 12.1 Å². The summed E-state index contributed by atoms with van der Waals surface area (Å²) in [6.07, 6.45) is 3.57. The van der Waals surface area contributed by atoms with Gasteiger partial charge in [0.25, 0.3) is 0 Å². The molecule has 4 nitrogen and oxygen atoms in total. The molecule has 2 aromatic heterocycles. The number of aromatic nitrogens is 2. The zero-order valence-corrected chi connectivity index (χ0v) is 13.0. The van der Waals surface area contributed by atoms with E-state index in [0.717, 1.165) is 48.4 Å². The van der Waals surface area contributed by atoms with Crippen molar-refractivity contribution in [2.24, 2.45) is 0 Å². The van der Waals surface area contributed by atoms with Crippen LogP contribution in [0.4, 0.5) is 0 Å². The van der Waals surface area contributed by atoms with E-state index >= 15 is 0 Å². The molecule has 0 fully saturated rings. The van der Waals surface area contributed by atoms with Gasteiger partial charge in [-0.2, -0.15) is 5.10 Å². The van der Waals surface area contributed by atoms with E-state index in [2.05, 4.69) is 44.9 Å². The predicted octanol–water partition coefficient (Wildman–Crippen LogP) is 3.15. The Morgan fingerprint density at radius 1 is 1.42 bits per heavy atom. The second-order valence-electron chi connectivity index (χ2n) is 4.38. The van der Waals surface area contributed by atoms with Crippen LogP contribution in [0.2, 0.25) is 0 Å². The largest absolute Gasteiger partial charge is 0.469 e. The molecule has 2 aromatic rings. The molecule has 0 bridgehead atoms. The third kappa shape index (κ3) is 3.48. The Bertz CT molecular complexity index is 505. The van der Waals surface area contributed by atoms with Gasteiger partial charge in [0.1, 0.15) is 5.76 Å². The third-order valence-corrected chi connectivity index (χ3v) is 4.03. The van der Waals surface area contributed by atoms with Gasteiger partial charge in [0.15, 0.2) is 0 Å². The Balaban J connectivity index is 1.90. The normalized spacial score (nSPS) is 11.1. The van der Waals surface area contributed by atoms with Crippen LogP contribution in [-0.2, 0) is 25.9 Å². The molecule has 2 heterocycles. The van der Waals surface area contributed by atoms with E-state index in [1.165, 1.54) is 5.69 Å². The highest BCUT2D eigenvalue weighted by Gasteiger charge is 2.12. The van der Waals surface area contributed by atoms with Gasteiger partial charge in [0, 0.05) is 26.1 Å². The highest BCUT2D eigenvalue weighted by Crippen LogP contribution is 2.22. The van der Waals surface area contributed by atoms with Crippen molar-refractivity contribution in [2.45, 2.75) is 39.8 Å².